The molecule has 4 nitrogen and oxygen atoms in total. The first-order chi connectivity index (χ1) is 11.1. The van der Waals surface area contributed by atoms with Gasteiger partial charge in [-0.3, -0.25) is 4.79 Å². The van der Waals surface area contributed by atoms with E-state index < -0.39 is 29.1 Å². The van der Waals surface area contributed by atoms with Crippen LogP contribution < -0.4 is 11.1 Å². The molecule has 3 fully saturated rings. The van der Waals surface area contributed by atoms with Crippen LogP contribution in [0, 0.1) is 17.3 Å². The van der Waals surface area contributed by atoms with Crippen molar-refractivity contribution in [2.45, 2.75) is 76.2 Å². The summed E-state index contributed by atoms with van der Waals surface area (Å²) < 4.78 is 44.6. The number of fused-ring (bicyclic) bond motifs is 1. The Labute approximate surface area is 140 Å². The minimum absolute atomic E-state index is 0.0451. The first-order valence-electron chi connectivity index (χ1n) is 8.86. The molecule has 0 aromatic carbocycles. The Morgan fingerprint density at radius 2 is 1.92 bits per heavy atom. The van der Waals surface area contributed by atoms with Gasteiger partial charge in [0.2, 0.25) is 5.91 Å². The molecule has 0 aromatic heterocycles. The predicted octanol–water partition coefficient (Wildman–Crippen LogP) is 2.76. The number of carbonyl (C=O) groups excluding carboxylic acids is 1. The average molecular weight is 348 g/mol. The molecule has 7 heteroatoms. The topological polar surface area (TPSA) is 64.3 Å². The number of hydrogen-bond donors (Lipinski definition) is 2. The second-order valence-electron chi connectivity index (χ2n) is 8.21. The first-order valence-corrected chi connectivity index (χ1v) is 8.86. The van der Waals surface area contributed by atoms with Crippen LogP contribution in [0.4, 0.5) is 13.2 Å². The highest BCUT2D eigenvalue weighted by Crippen LogP contribution is 2.57. The van der Waals surface area contributed by atoms with Gasteiger partial charge >= 0.3 is 6.18 Å². The van der Waals surface area contributed by atoms with Gasteiger partial charge in [-0.05, 0) is 32.1 Å². The van der Waals surface area contributed by atoms with Gasteiger partial charge in [0.15, 0.2) is 0 Å². The summed E-state index contributed by atoms with van der Waals surface area (Å²) >= 11 is 0. The molecule has 5 atom stereocenters. The fraction of sp³-hybridized carbons (Fsp3) is 0.941. The number of nitrogens with one attached hydrogen (secondary N) is 1. The standard InChI is InChI=1S/C17H27F3N2O2/c1-15(2)13-12(7-4-8-24-13)16(15,21)14(23)22-11-6-3-5-10(9-11)17(18,19)20/h10-13H,3-9,21H2,1-2H3,(H,22,23). The lowest BCUT2D eigenvalue weighted by atomic mass is 9.46. The molecule has 1 amide bonds. The Morgan fingerprint density at radius 1 is 1.21 bits per heavy atom. The molecule has 1 saturated heterocycles. The largest absolute Gasteiger partial charge is 0.391 e. The number of rotatable bonds is 2. The zero-order valence-electron chi connectivity index (χ0n) is 14.3. The third-order valence-electron chi connectivity index (χ3n) is 6.53. The molecule has 3 N–H and O–H groups in total. The predicted molar refractivity (Wildman–Crippen MR) is 83.1 cm³/mol. The average Bonchev–Trinajstić information content (AvgIpc) is 2.53. The fourth-order valence-electron chi connectivity index (χ4n) is 4.96. The molecule has 1 heterocycles. The van der Waals surface area contributed by atoms with E-state index in [1.54, 1.807) is 0 Å². The minimum Gasteiger partial charge on any atom is -0.377 e. The third-order valence-corrected chi connectivity index (χ3v) is 6.53. The van der Waals surface area contributed by atoms with Gasteiger partial charge in [-0.2, -0.15) is 13.2 Å². The van der Waals surface area contributed by atoms with Crippen LogP contribution in [0.5, 0.6) is 0 Å². The summed E-state index contributed by atoms with van der Waals surface area (Å²) in [7, 11) is 0. The summed E-state index contributed by atoms with van der Waals surface area (Å²) in [6, 6.07) is -0.447. The normalized spacial score (nSPS) is 41.9. The maximum Gasteiger partial charge on any atom is 0.391 e. The zero-order valence-corrected chi connectivity index (χ0v) is 14.3. The van der Waals surface area contributed by atoms with Crippen molar-refractivity contribution in [3.05, 3.63) is 0 Å². The summed E-state index contributed by atoms with van der Waals surface area (Å²) in [5.74, 6) is -1.69. The van der Waals surface area contributed by atoms with Gasteiger partial charge in [-0.25, -0.2) is 0 Å². The lowest BCUT2D eigenvalue weighted by Gasteiger charge is -2.65. The van der Waals surface area contributed by atoms with Crippen LogP contribution in [0.3, 0.4) is 0 Å². The van der Waals surface area contributed by atoms with Crippen molar-refractivity contribution in [1.82, 2.24) is 5.32 Å². The Kier molecular flexibility index (Phi) is 4.40. The summed E-state index contributed by atoms with van der Waals surface area (Å²) in [6.07, 6.45) is -1.38. The maximum atomic E-state index is 13.0. The smallest absolute Gasteiger partial charge is 0.377 e. The van der Waals surface area contributed by atoms with Gasteiger partial charge in [0.05, 0.1) is 12.0 Å². The molecule has 3 aliphatic rings. The number of amides is 1. The SMILES string of the molecule is CC1(C)C2OCCCC2C1(N)C(=O)NC1CCCC(C(F)(F)F)C1. The molecule has 5 unspecified atom stereocenters. The molecule has 2 aliphatic carbocycles. The second-order valence-corrected chi connectivity index (χ2v) is 8.21. The number of carbonyl (C=O) groups is 1. The van der Waals surface area contributed by atoms with E-state index in [0.29, 0.717) is 19.4 Å². The summed E-state index contributed by atoms with van der Waals surface area (Å²) in [5.41, 5.74) is 4.92. The number of hydrogen-bond acceptors (Lipinski definition) is 3. The Morgan fingerprint density at radius 3 is 2.58 bits per heavy atom. The third kappa shape index (κ3) is 2.64. The van der Waals surface area contributed by atoms with Crippen LogP contribution in [0.2, 0.25) is 0 Å². The lowest BCUT2D eigenvalue weighted by molar-refractivity contribution is -0.226. The van der Waals surface area contributed by atoms with Crippen LogP contribution in [-0.2, 0) is 9.53 Å². The molecule has 1 aliphatic heterocycles. The van der Waals surface area contributed by atoms with Crippen molar-refractivity contribution in [3.8, 4) is 0 Å². The van der Waals surface area contributed by atoms with E-state index in [1.807, 2.05) is 13.8 Å². The molecule has 24 heavy (non-hydrogen) atoms. The number of halogens is 3. The molecule has 0 aromatic rings. The molecule has 138 valence electrons. The van der Waals surface area contributed by atoms with Gasteiger partial charge in [0.1, 0.15) is 5.54 Å². The highest BCUT2D eigenvalue weighted by atomic mass is 19.4. The van der Waals surface area contributed by atoms with Crippen LogP contribution in [0.15, 0.2) is 0 Å². The molecule has 0 spiro atoms. The van der Waals surface area contributed by atoms with Crippen LogP contribution in [-0.4, -0.2) is 36.4 Å². The minimum atomic E-state index is -4.19. The van der Waals surface area contributed by atoms with Crippen molar-refractivity contribution >= 4 is 5.91 Å². The van der Waals surface area contributed by atoms with E-state index >= 15 is 0 Å². The van der Waals surface area contributed by atoms with Crippen molar-refractivity contribution in [3.63, 3.8) is 0 Å². The molecular weight excluding hydrogens is 321 g/mol. The summed E-state index contributed by atoms with van der Waals surface area (Å²) in [4.78, 5) is 12.9. The van der Waals surface area contributed by atoms with E-state index in [9.17, 15) is 18.0 Å². The van der Waals surface area contributed by atoms with E-state index in [0.717, 1.165) is 12.8 Å². The monoisotopic (exact) mass is 348 g/mol. The van der Waals surface area contributed by atoms with Gasteiger partial charge < -0.3 is 15.8 Å². The Bertz CT molecular complexity index is 509. The Balaban J connectivity index is 1.68. The second kappa shape index (κ2) is 5.87. The molecular formula is C17H27F3N2O2. The number of alkyl halides is 3. The van der Waals surface area contributed by atoms with Crippen LogP contribution >= 0.6 is 0 Å². The lowest BCUT2D eigenvalue weighted by Crippen LogP contribution is -2.82. The van der Waals surface area contributed by atoms with Gasteiger partial charge in [-0.1, -0.05) is 20.3 Å². The van der Waals surface area contributed by atoms with E-state index in [4.69, 9.17) is 10.5 Å². The quantitative estimate of drug-likeness (QED) is 0.806. The fourth-order valence-corrected chi connectivity index (χ4v) is 4.96. The van der Waals surface area contributed by atoms with Crippen molar-refractivity contribution in [2.75, 3.05) is 6.61 Å². The van der Waals surface area contributed by atoms with Gasteiger partial charge in [0, 0.05) is 24.0 Å². The summed E-state index contributed by atoms with van der Waals surface area (Å²) in [5, 5.41) is 2.83. The summed E-state index contributed by atoms with van der Waals surface area (Å²) in [6.45, 7) is 4.51. The zero-order chi connectivity index (χ0) is 17.8. The molecule has 0 bridgehead atoms. The Hall–Kier alpha value is -0.820. The molecule has 3 rings (SSSR count). The number of ether oxygens (including phenoxy) is 1. The highest BCUT2D eigenvalue weighted by molar-refractivity contribution is 5.89. The van der Waals surface area contributed by atoms with Crippen molar-refractivity contribution in [2.24, 2.45) is 23.0 Å². The van der Waals surface area contributed by atoms with Gasteiger partial charge in [-0.15, -0.1) is 0 Å². The van der Waals surface area contributed by atoms with E-state index in [2.05, 4.69) is 5.32 Å². The van der Waals surface area contributed by atoms with Crippen molar-refractivity contribution in [1.29, 1.82) is 0 Å². The van der Waals surface area contributed by atoms with Crippen LogP contribution in [0.1, 0.15) is 52.4 Å². The number of nitrogens with two attached hydrogens (primary N) is 1. The molecule has 0 radical (unpaired) electrons. The van der Waals surface area contributed by atoms with E-state index in [-0.39, 0.29) is 30.8 Å². The highest BCUT2D eigenvalue weighted by Gasteiger charge is 2.70. The first kappa shape index (κ1) is 18.0. The molecule has 2 saturated carbocycles. The van der Waals surface area contributed by atoms with Crippen molar-refractivity contribution < 1.29 is 22.7 Å². The van der Waals surface area contributed by atoms with Gasteiger partial charge in [0.25, 0.3) is 0 Å². The van der Waals surface area contributed by atoms with Crippen LogP contribution in [0.25, 0.3) is 0 Å². The maximum absolute atomic E-state index is 13.0. The van der Waals surface area contributed by atoms with E-state index in [1.165, 1.54) is 0 Å².